The Hall–Kier alpha value is -1.54. The normalized spacial score (nSPS) is 16.5. The van der Waals surface area contributed by atoms with Gasteiger partial charge < -0.3 is 9.57 Å². The lowest BCUT2D eigenvalue weighted by molar-refractivity contribution is -0.139. The number of nitrogens with zero attached hydrogens (tertiary/aromatic N) is 1. The average molecular weight is 217 g/mol. The fourth-order valence-electron chi connectivity index (χ4n) is 1.54. The van der Waals surface area contributed by atoms with E-state index in [1.165, 1.54) is 0 Å². The summed E-state index contributed by atoms with van der Waals surface area (Å²) in [5.74, 6) is 0.669. The fourth-order valence-corrected chi connectivity index (χ4v) is 1.54. The van der Waals surface area contributed by atoms with Crippen molar-refractivity contribution in [2.45, 2.75) is 0 Å². The second kappa shape index (κ2) is 5.52. The lowest BCUT2D eigenvalue weighted by Crippen LogP contribution is -2.35. The van der Waals surface area contributed by atoms with Gasteiger partial charge in [0, 0.05) is 5.56 Å². The van der Waals surface area contributed by atoms with Crippen LogP contribution in [0.1, 0.15) is 5.56 Å². The molecule has 1 fully saturated rings. The third kappa shape index (κ3) is 2.74. The third-order valence-corrected chi connectivity index (χ3v) is 2.39. The Morgan fingerprint density at radius 3 is 2.56 bits per heavy atom. The number of ether oxygens (including phenoxy) is 1. The molecule has 1 aliphatic heterocycles. The van der Waals surface area contributed by atoms with E-state index in [-0.39, 0.29) is 0 Å². The van der Waals surface area contributed by atoms with Gasteiger partial charge in [0.25, 0.3) is 0 Å². The van der Waals surface area contributed by atoms with Crippen LogP contribution in [0.2, 0.25) is 0 Å². The predicted molar refractivity (Wildman–Crippen MR) is 62.5 cm³/mol. The monoisotopic (exact) mass is 217 g/mol. The number of rotatable bonds is 3. The summed E-state index contributed by atoms with van der Waals surface area (Å²) in [4.78, 5) is 5.72. The molecule has 1 aromatic carbocycles. The number of morpholine rings is 1. The molecule has 0 unspecified atom stereocenters. The molecule has 0 bridgehead atoms. The topological polar surface area (TPSA) is 21.7 Å². The molecule has 0 N–H and O–H groups in total. The first-order valence-electron chi connectivity index (χ1n) is 5.36. The highest BCUT2D eigenvalue weighted by Crippen LogP contribution is 2.16. The van der Waals surface area contributed by atoms with E-state index in [4.69, 9.17) is 9.57 Å². The summed E-state index contributed by atoms with van der Waals surface area (Å²) in [7, 11) is 0. The fraction of sp³-hybridized carbons (Fsp3) is 0.308. The maximum atomic E-state index is 5.72. The number of hydroxylamine groups is 2. The number of hydrogen-bond acceptors (Lipinski definition) is 3. The van der Waals surface area contributed by atoms with E-state index >= 15 is 0 Å². The van der Waals surface area contributed by atoms with Crippen LogP contribution in [0.3, 0.4) is 0 Å². The van der Waals surface area contributed by atoms with Gasteiger partial charge in [-0.2, -0.15) is 0 Å². The molecule has 0 saturated carbocycles. The Kier molecular flexibility index (Phi) is 3.78. The van der Waals surface area contributed by atoms with Crippen molar-refractivity contribution in [2.75, 3.05) is 26.3 Å². The summed E-state index contributed by atoms with van der Waals surface area (Å²) in [6.45, 7) is 6.62. The van der Waals surface area contributed by atoms with Crippen LogP contribution in [0.25, 0.3) is 5.76 Å². The minimum Gasteiger partial charge on any atom is -0.397 e. The smallest absolute Gasteiger partial charge is 0.196 e. The van der Waals surface area contributed by atoms with E-state index < -0.39 is 0 Å². The van der Waals surface area contributed by atoms with Crippen molar-refractivity contribution in [3.05, 3.63) is 48.2 Å². The van der Waals surface area contributed by atoms with Crippen LogP contribution in [-0.4, -0.2) is 31.4 Å². The molecule has 0 atom stereocenters. The van der Waals surface area contributed by atoms with E-state index in [0.717, 1.165) is 18.7 Å². The van der Waals surface area contributed by atoms with Gasteiger partial charge in [0.15, 0.2) is 5.76 Å². The van der Waals surface area contributed by atoms with Crippen molar-refractivity contribution in [3.8, 4) is 0 Å². The Balaban J connectivity index is 2.04. The average Bonchev–Trinajstić information content (AvgIpc) is 2.38. The molecule has 2 rings (SSSR count). The summed E-state index contributed by atoms with van der Waals surface area (Å²) in [5.41, 5.74) is 3.82. The number of hydrogen-bond donors (Lipinski definition) is 0. The van der Waals surface area contributed by atoms with Gasteiger partial charge in [0.05, 0.1) is 26.3 Å². The second-order valence-electron chi connectivity index (χ2n) is 3.50. The maximum Gasteiger partial charge on any atom is 0.196 e. The van der Waals surface area contributed by atoms with Crippen LogP contribution in [0.15, 0.2) is 42.6 Å². The van der Waals surface area contributed by atoms with Crippen LogP contribution >= 0.6 is 0 Å². The zero-order valence-electron chi connectivity index (χ0n) is 9.19. The lowest BCUT2D eigenvalue weighted by Gasteiger charge is -2.26. The van der Waals surface area contributed by atoms with E-state index in [9.17, 15) is 0 Å². The highest BCUT2D eigenvalue weighted by atomic mass is 16.7. The van der Waals surface area contributed by atoms with Gasteiger partial charge >= 0.3 is 0 Å². The standard InChI is InChI=1S/C13H15NO2/c1-2-13(12-6-4-3-5-7-12)16-14-8-10-15-11-9-14/h3-7H,1,8-11H2. The summed E-state index contributed by atoms with van der Waals surface area (Å²) in [6, 6.07) is 9.87. The van der Waals surface area contributed by atoms with Crippen LogP contribution in [-0.2, 0) is 9.57 Å². The molecule has 3 nitrogen and oxygen atoms in total. The molecule has 1 saturated heterocycles. The Labute approximate surface area is 95.5 Å². The van der Waals surface area contributed by atoms with Crippen LogP contribution in [0.5, 0.6) is 0 Å². The SMILES string of the molecule is C=C=C(ON1CCOCC1)c1ccccc1. The Morgan fingerprint density at radius 1 is 1.25 bits per heavy atom. The molecule has 16 heavy (non-hydrogen) atoms. The molecular formula is C13H15NO2. The first-order chi connectivity index (χ1) is 7.90. The van der Waals surface area contributed by atoms with Crippen molar-refractivity contribution < 1.29 is 9.57 Å². The molecule has 0 aromatic heterocycles. The third-order valence-electron chi connectivity index (χ3n) is 2.39. The highest BCUT2D eigenvalue weighted by molar-refractivity contribution is 5.58. The van der Waals surface area contributed by atoms with Gasteiger partial charge in [0.2, 0.25) is 0 Å². The quantitative estimate of drug-likeness (QED) is 0.571. The molecule has 1 aromatic rings. The van der Waals surface area contributed by atoms with Crippen molar-refractivity contribution in [2.24, 2.45) is 0 Å². The molecule has 84 valence electrons. The van der Waals surface area contributed by atoms with Gasteiger partial charge in [-0.15, -0.1) is 5.06 Å². The zero-order chi connectivity index (χ0) is 11.2. The zero-order valence-corrected chi connectivity index (χ0v) is 9.19. The Bertz CT molecular complexity index is 376. The van der Waals surface area contributed by atoms with Gasteiger partial charge in [0.1, 0.15) is 0 Å². The molecule has 0 spiro atoms. The summed E-state index contributed by atoms with van der Waals surface area (Å²) < 4.78 is 5.25. The molecular weight excluding hydrogens is 202 g/mol. The van der Waals surface area contributed by atoms with Gasteiger partial charge in [-0.25, -0.2) is 0 Å². The second-order valence-corrected chi connectivity index (χ2v) is 3.50. The molecule has 1 heterocycles. The molecule has 0 radical (unpaired) electrons. The van der Waals surface area contributed by atoms with E-state index in [0.29, 0.717) is 19.0 Å². The van der Waals surface area contributed by atoms with Crippen molar-refractivity contribution in [1.82, 2.24) is 5.06 Å². The van der Waals surface area contributed by atoms with Gasteiger partial charge in [-0.1, -0.05) is 42.6 Å². The highest BCUT2D eigenvalue weighted by Gasteiger charge is 2.13. The predicted octanol–water partition coefficient (Wildman–Crippen LogP) is 2.08. The summed E-state index contributed by atoms with van der Waals surface area (Å²) in [6.07, 6.45) is 0. The number of benzene rings is 1. The first kappa shape index (κ1) is 11.0. The van der Waals surface area contributed by atoms with Crippen LogP contribution in [0, 0.1) is 0 Å². The van der Waals surface area contributed by atoms with E-state index in [1.54, 1.807) is 0 Å². The molecule has 0 amide bonds. The molecule has 3 heteroatoms. The van der Waals surface area contributed by atoms with Gasteiger partial charge in [-0.05, 0) is 0 Å². The summed E-state index contributed by atoms with van der Waals surface area (Å²) in [5, 5.41) is 1.88. The lowest BCUT2D eigenvalue weighted by atomic mass is 10.2. The van der Waals surface area contributed by atoms with Crippen molar-refractivity contribution >= 4 is 5.76 Å². The minimum atomic E-state index is 0.669. The van der Waals surface area contributed by atoms with Gasteiger partial charge in [-0.3, -0.25) is 0 Å². The van der Waals surface area contributed by atoms with Crippen LogP contribution < -0.4 is 0 Å². The molecule has 1 aliphatic rings. The largest absolute Gasteiger partial charge is 0.397 e. The minimum absolute atomic E-state index is 0.669. The van der Waals surface area contributed by atoms with Crippen LogP contribution in [0.4, 0.5) is 0 Å². The van der Waals surface area contributed by atoms with E-state index in [2.05, 4.69) is 12.3 Å². The van der Waals surface area contributed by atoms with Crippen molar-refractivity contribution in [3.63, 3.8) is 0 Å². The maximum absolute atomic E-state index is 5.72. The first-order valence-corrected chi connectivity index (χ1v) is 5.36. The van der Waals surface area contributed by atoms with Crippen molar-refractivity contribution in [1.29, 1.82) is 0 Å². The Morgan fingerprint density at radius 2 is 1.94 bits per heavy atom. The summed E-state index contributed by atoms with van der Waals surface area (Å²) >= 11 is 0. The van der Waals surface area contributed by atoms with E-state index in [1.807, 2.05) is 35.4 Å². The molecule has 0 aliphatic carbocycles.